The molecule has 1 saturated heterocycles. The number of urea groups is 1. The van der Waals surface area contributed by atoms with Crippen LogP contribution in [0.2, 0.25) is 0 Å². The van der Waals surface area contributed by atoms with Gasteiger partial charge in [0.1, 0.15) is 11.6 Å². The quantitative estimate of drug-likeness (QED) is 0.713. The third-order valence-electron chi connectivity index (χ3n) is 5.06. The number of aromatic nitrogens is 4. The molecule has 3 aromatic rings. The molecule has 0 radical (unpaired) electrons. The minimum atomic E-state index is -0.101. The lowest BCUT2D eigenvalue weighted by Crippen LogP contribution is -2.41. The Morgan fingerprint density at radius 2 is 2.11 bits per heavy atom. The number of hydrogen-bond acceptors (Lipinski definition) is 4. The summed E-state index contributed by atoms with van der Waals surface area (Å²) in [5.74, 6) is 1.47. The van der Waals surface area contributed by atoms with Crippen molar-refractivity contribution in [3.8, 4) is 5.75 Å². The first kappa shape index (κ1) is 18.1. The molecule has 1 atom stereocenters. The van der Waals surface area contributed by atoms with Crippen molar-refractivity contribution in [1.29, 1.82) is 0 Å². The molecule has 8 nitrogen and oxygen atoms in total. The van der Waals surface area contributed by atoms with Gasteiger partial charge in [-0.25, -0.2) is 9.48 Å². The summed E-state index contributed by atoms with van der Waals surface area (Å²) in [6, 6.07) is 11.6. The zero-order chi connectivity index (χ0) is 19.3. The molecule has 0 bridgehead atoms. The molecule has 1 aliphatic rings. The van der Waals surface area contributed by atoms with E-state index in [1.807, 2.05) is 52.2 Å². The maximum Gasteiger partial charge on any atom is 0.323 e. The summed E-state index contributed by atoms with van der Waals surface area (Å²) >= 11 is 0. The van der Waals surface area contributed by atoms with Crippen LogP contribution in [0.3, 0.4) is 0 Å². The Morgan fingerprint density at radius 1 is 1.21 bits per heavy atom. The molecule has 1 aromatic carbocycles. The first-order chi connectivity index (χ1) is 13.7. The summed E-state index contributed by atoms with van der Waals surface area (Å²) in [5.41, 5.74) is 1.00. The Kier molecular flexibility index (Phi) is 5.27. The monoisotopic (exact) mass is 380 g/mol. The molecule has 146 valence electrons. The van der Waals surface area contributed by atoms with Crippen molar-refractivity contribution >= 4 is 11.8 Å². The van der Waals surface area contributed by atoms with Crippen molar-refractivity contribution in [2.75, 3.05) is 19.0 Å². The molecule has 0 unspecified atom stereocenters. The minimum Gasteiger partial charge on any atom is -0.496 e. The van der Waals surface area contributed by atoms with Gasteiger partial charge in [-0.2, -0.15) is 10.2 Å². The fourth-order valence-electron chi connectivity index (χ4n) is 3.66. The molecule has 0 aliphatic carbocycles. The number of benzene rings is 1. The van der Waals surface area contributed by atoms with Crippen molar-refractivity contribution in [2.24, 2.45) is 0 Å². The summed E-state index contributed by atoms with van der Waals surface area (Å²) < 4.78 is 9.06. The highest BCUT2D eigenvalue weighted by molar-refractivity contribution is 5.88. The van der Waals surface area contributed by atoms with Gasteiger partial charge >= 0.3 is 6.03 Å². The predicted molar refractivity (Wildman–Crippen MR) is 105 cm³/mol. The maximum absolute atomic E-state index is 12.9. The number of para-hydroxylation sites is 1. The number of nitrogens with one attached hydrogen (secondary N) is 1. The first-order valence-electron chi connectivity index (χ1n) is 9.43. The molecule has 2 aromatic heterocycles. The van der Waals surface area contributed by atoms with E-state index in [1.165, 1.54) is 0 Å². The van der Waals surface area contributed by atoms with Gasteiger partial charge in [-0.1, -0.05) is 18.2 Å². The Hall–Kier alpha value is -3.29. The van der Waals surface area contributed by atoms with Crippen molar-refractivity contribution in [3.63, 3.8) is 0 Å². The Bertz CT molecular complexity index is 920. The smallest absolute Gasteiger partial charge is 0.323 e. The molecule has 0 saturated carbocycles. The van der Waals surface area contributed by atoms with Crippen LogP contribution in [0.4, 0.5) is 10.6 Å². The standard InChI is InChI=1S/C20H24N6O2/c1-28-18-8-3-2-6-16(18)14-26-19(9-11-22-26)23-20(27)25-13-4-7-17(25)15-24-12-5-10-21-24/h2-3,5-6,8-12,17H,4,7,13-15H2,1H3,(H,23,27)/t17-/m1/s1. The van der Waals surface area contributed by atoms with Gasteiger partial charge in [0, 0.05) is 30.6 Å². The fourth-order valence-corrected chi connectivity index (χ4v) is 3.66. The average molecular weight is 380 g/mol. The number of carbonyl (C=O) groups excluding carboxylic acids is 1. The van der Waals surface area contributed by atoms with Gasteiger partial charge in [0.05, 0.1) is 32.4 Å². The van der Waals surface area contributed by atoms with Crippen LogP contribution in [0, 0.1) is 0 Å². The fraction of sp³-hybridized carbons (Fsp3) is 0.350. The van der Waals surface area contributed by atoms with E-state index in [0.717, 1.165) is 30.7 Å². The Morgan fingerprint density at radius 3 is 2.93 bits per heavy atom. The second-order valence-electron chi connectivity index (χ2n) is 6.83. The Labute approximate surface area is 163 Å². The lowest BCUT2D eigenvalue weighted by Gasteiger charge is -2.25. The highest BCUT2D eigenvalue weighted by atomic mass is 16.5. The van der Waals surface area contributed by atoms with Crippen molar-refractivity contribution in [3.05, 3.63) is 60.6 Å². The number of likely N-dealkylation sites (tertiary alicyclic amines) is 1. The van der Waals surface area contributed by atoms with Crippen LogP contribution in [-0.4, -0.2) is 50.2 Å². The summed E-state index contributed by atoms with van der Waals surface area (Å²) in [7, 11) is 1.65. The van der Waals surface area contributed by atoms with Gasteiger partial charge in [0.25, 0.3) is 0 Å². The van der Waals surface area contributed by atoms with Crippen LogP contribution in [0.1, 0.15) is 18.4 Å². The van der Waals surface area contributed by atoms with Crippen LogP contribution in [0.15, 0.2) is 55.0 Å². The molecule has 4 rings (SSSR count). The lowest BCUT2D eigenvalue weighted by molar-refractivity contribution is 0.199. The van der Waals surface area contributed by atoms with E-state index in [4.69, 9.17) is 4.74 Å². The average Bonchev–Trinajstić information content (AvgIpc) is 3.46. The molecule has 2 amide bonds. The van der Waals surface area contributed by atoms with E-state index in [1.54, 1.807) is 24.2 Å². The number of carbonyl (C=O) groups is 1. The molecule has 0 spiro atoms. The van der Waals surface area contributed by atoms with Crippen molar-refractivity contribution in [2.45, 2.75) is 32.0 Å². The molecule has 28 heavy (non-hydrogen) atoms. The first-order valence-corrected chi connectivity index (χ1v) is 9.43. The topological polar surface area (TPSA) is 77.2 Å². The second-order valence-corrected chi connectivity index (χ2v) is 6.83. The van der Waals surface area contributed by atoms with Gasteiger partial charge in [-0.3, -0.25) is 10.00 Å². The zero-order valence-corrected chi connectivity index (χ0v) is 15.9. The van der Waals surface area contributed by atoms with Gasteiger partial charge in [-0.05, 0) is 25.0 Å². The second kappa shape index (κ2) is 8.16. The summed E-state index contributed by atoms with van der Waals surface area (Å²) in [5, 5.41) is 11.6. The molecule has 3 heterocycles. The van der Waals surface area contributed by atoms with Gasteiger partial charge in [-0.15, -0.1) is 0 Å². The van der Waals surface area contributed by atoms with E-state index in [2.05, 4.69) is 15.5 Å². The maximum atomic E-state index is 12.9. The lowest BCUT2D eigenvalue weighted by atomic mass is 10.2. The number of rotatable bonds is 6. The van der Waals surface area contributed by atoms with E-state index in [0.29, 0.717) is 18.9 Å². The molecular formula is C20H24N6O2. The van der Waals surface area contributed by atoms with Gasteiger partial charge < -0.3 is 9.64 Å². The highest BCUT2D eigenvalue weighted by Gasteiger charge is 2.29. The van der Waals surface area contributed by atoms with Crippen LogP contribution in [-0.2, 0) is 13.1 Å². The van der Waals surface area contributed by atoms with Crippen LogP contribution in [0.25, 0.3) is 0 Å². The molecule has 1 fully saturated rings. The minimum absolute atomic E-state index is 0.101. The third-order valence-corrected chi connectivity index (χ3v) is 5.06. The third kappa shape index (κ3) is 3.85. The number of methoxy groups -OCH3 is 1. The highest BCUT2D eigenvalue weighted by Crippen LogP contribution is 2.22. The number of ether oxygens (including phenoxy) is 1. The summed E-state index contributed by atoms with van der Waals surface area (Å²) in [4.78, 5) is 14.8. The number of anilines is 1. The van der Waals surface area contributed by atoms with Gasteiger partial charge in [0.2, 0.25) is 0 Å². The number of nitrogens with zero attached hydrogens (tertiary/aromatic N) is 5. The largest absolute Gasteiger partial charge is 0.496 e. The zero-order valence-electron chi connectivity index (χ0n) is 15.9. The predicted octanol–water partition coefficient (Wildman–Crippen LogP) is 2.83. The Balaban J connectivity index is 1.44. The summed E-state index contributed by atoms with van der Waals surface area (Å²) in [6.45, 7) is 1.97. The van der Waals surface area contributed by atoms with Crippen molar-refractivity contribution < 1.29 is 9.53 Å². The molecule has 1 N–H and O–H groups in total. The van der Waals surface area contributed by atoms with Crippen molar-refractivity contribution in [1.82, 2.24) is 24.5 Å². The normalized spacial score (nSPS) is 16.3. The number of amides is 2. The van der Waals surface area contributed by atoms with Gasteiger partial charge in [0.15, 0.2) is 0 Å². The summed E-state index contributed by atoms with van der Waals surface area (Å²) in [6.07, 6.45) is 7.36. The molecule has 1 aliphatic heterocycles. The van der Waals surface area contributed by atoms with Crippen LogP contribution in [0.5, 0.6) is 5.75 Å². The number of hydrogen-bond donors (Lipinski definition) is 1. The van der Waals surface area contributed by atoms with E-state index >= 15 is 0 Å². The molecule has 8 heteroatoms. The van der Waals surface area contributed by atoms with Crippen LogP contribution >= 0.6 is 0 Å². The van der Waals surface area contributed by atoms with E-state index < -0.39 is 0 Å². The van der Waals surface area contributed by atoms with E-state index in [9.17, 15) is 4.79 Å². The van der Waals surface area contributed by atoms with Crippen LogP contribution < -0.4 is 10.1 Å². The SMILES string of the molecule is COc1ccccc1Cn1nccc1NC(=O)N1CCC[C@@H]1Cn1cccn1. The molecular weight excluding hydrogens is 356 g/mol. The van der Waals surface area contributed by atoms with E-state index in [-0.39, 0.29) is 12.1 Å².